The number of aryl methyl sites for hydroxylation is 1. The summed E-state index contributed by atoms with van der Waals surface area (Å²) in [4.78, 5) is 12.4. The van der Waals surface area contributed by atoms with Gasteiger partial charge in [-0.25, -0.2) is 18.1 Å². The lowest BCUT2D eigenvalue weighted by Crippen LogP contribution is -2.16. The number of ether oxygens (including phenoxy) is 1. The first kappa shape index (κ1) is 16.1. The second-order valence-corrected chi connectivity index (χ2v) is 5.40. The van der Waals surface area contributed by atoms with Gasteiger partial charge in [0.2, 0.25) is 0 Å². The van der Waals surface area contributed by atoms with E-state index in [4.69, 9.17) is 9.88 Å². The second-order valence-electron chi connectivity index (χ2n) is 4.37. The van der Waals surface area contributed by atoms with Crippen LogP contribution in [0.15, 0.2) is 29.3 Å². The summed E-state index contributed by atoms with van der Waals surface area (Å²) in [6.45, 7) is 0. The maximum atomic E-state index is 13.2. The minimum Gasteiger partial charge on any atom is -0.493 e. The highest BCUT2D eigenvalue weighted by molar-refractivity contribution is 7.82. The van der Waals surface area contributed by atoms with Crippen LogP contribution in [0.4, 0.5) is 14.5 Å². The average molecular weight is 329 g/mol. The molecule has 2 aromatic rings. The Balaban J connectivity index is 2.37. The van der Waals surface area contributed by atoms with Gasteiger partial charge in [0, 0.05) is 25.0 Å². The summed E-state index contributed by atoms with van der Waals surface area (Å²) in [5.41, 5.74) is 0.128. The van der Waals surface area contributed by atoms with Crippen molar-refractivity contribution in [2.75, 3.05) is 12.4 Å². The van der Waals surface area contributed by atoms with E-state index in [9.17, 15) is 17.8 Å². The Bertz CT molecular complexity index is 761. The molecule has 0 fully saturated rings. The number of methoxy groups -OCH3 is 1. The summed E-state index contributed by atoms with van der Waals surface area (Å²) in [6, 6.07) is 2.96. The number of nitrogens with one attached hydrogen (secondary N) is 1. The van der Waals surface area contributed by atoms with Crippen LogP contribution in [-0.4, -0.2) is 21.8 Å². The SMILES string of the molecule is COc1c(S(N)=O)cn(C)c1C(=O)Nc1ccc(F)c(F)c1. The Morgan fingerprint density at radius 1 is 1.36 bits per heavy atom. The molecule has 9 heteroatoms. The van der Waals surface area contributed by atoms with Crippen LogP contribution in [0.3, 0.4) is 0 Å². The Morgan fingerprint density at radius 3 is 2.59 bits per heavy atom. The predicted octanol–water partition coefficient (Wildman–Crippen LogP) is 1.55. The number of anilines is 1. The highest BCUT2D eigenvalue weighted by Gasteiger charge is 2.23. The van der Waals surface area contributed by atoms with Gasteiger partial charge in [-0.15, -0.1) is 0 Å². The minimum absolute atomic E-state index is 0.0565. The number of halogens is 2. The molecule has 0 bridgehead atoms. The van der Waals surface area contributed by atoms with Gasteiger partial charge in [0.05, 0.1) is 7.11 Å². The molecule has 118 valence electrons. The number of hydrogen-bond acceptors (Lipinski definition) is 3. The third kappa shape index (κ3) is 3.00. The van der Waals surface area contributed by atoms with Crippen molar-refractivity contribution in [1.82, 2.24) is 4.57 Å². The third-order valence-corrected chi connectivity index (χ3v) is 3.64. The van der Waals surface area contributed by atoms with Crippen LogP contribution in [0.5, 0.6) is 5.75 Å². The molecule has 1 unspecified atom stereocenters. The number of benzene rings is 1. The number of hydrogen-bond donors (Lipinski definition) is 2. The van der Waals surface area contributed by atoms with Gasteiger partial charge in [0.15, 0.2) is 23.1 Å². The van der Waals surface area contributed by atoms with Crippen molar-refractivity contribution in [3.63, 3.8) is 0 Å². The van der Waals surface area contributed by atoms with E-state index in [1.165, 1.54) is 23.9 Å². The number of nitrogens with zero attached hydrogens (tertiary/aromatic N) is 1. The maximum absolute atomic E-state index is 13.2. The van der Waals surface area contributed by atoms with Crippen LogP contribution in [0, 0.1) is 11.6 Å². The second kappa shape index (κ2) is 6.24. The standard InChI is InChI=1S/C13H13F2N3O3S/c1-18-6-10(22(16)20)12(21-2)11(18)13(19)17-7-3-4-8(14)9(15)5-7/h3-6H,16H2,1-2H3,(H,17,19). The van der Waals surface area contributed by atoms with Crippen LogP contribution in [-0.2, 0) is 18.0 Å². The van der Waals surface area contributed by atoms with Gasteiger partial charge in [-0.3, -0.25) is 4.79 Å². The molecule has 0 aliphatic heterocycles. The van der Waals surface area contributed by atoms with E-state index in [2.05, 4.69) is 5.32 Å². The molecule has 0 saturated heterocycles. The first-order valence-corrected chi connectivity index (χ1v) is 7.22. The summed E-state index contributed by atoms with van der Waals surface area (Å²) in [6.07, 6.45) is 1.40. The smallest absolute Gasteiger partial charge is 0.276 e. The first-order valence-electron chi connectivity index (χ1n) is 6.01. The minimum atomic E-state index is -1.84. The fourth-order valence-electron chi connectivity index (χ4n) is 1.94. The predicted molar refractivity (Wildman–Crippen MR) is 76.9 cm³/mol. The summed E-state index contributed by atoms with van der Waals surface area (Å²) in [5, 5.41) is 7.73. The fourth-order valence-corrected chi connectivity index (χ4v) is 2.57. The summed E-state index contributed by atoms with van der Waals surface area (Å²) in [7, 11) is 1.01. The molecule has 6 nitrogen and oxygen atoms in total. The van der Waals surface area contributed by atoms with Crippen LogP contribution in [0.1, 0.15) is 10.5 Å². The van der Waals surface area contributed by atoms with Crippen molar-refractivity contribution in [2.45, 2.75) is 4.90 Å². The Morgan fingerprint density at radius 2 is 2.05 bits per heavy atom. The topological polar surface area (TPSA) is 86.3 Å². The maximum Gasteiger partial charge on any atom is 0.276 e. The fraction of sp³-hybridized carbons (Fsp3) is 0.154. The van der Waals surface area contributed by atoms with Crippen molar-refractivity contribution in [3.05, 3.63) is 41.7 Å². The van der Waals surface area contributed by atoms with Gasteiger partial charge in [-0.05, 0) is 12.1 Å². The number of nitrogens with two attached hydrogens (primary N) is 1. The number of aromatic nitrogens is 1. The molecule has 0 radical (unpaired) electrons. The van der Waals surface area contributed by atoms with Crippen molar-refractivity contribution in [2.24, 2.45) is 12.2 Å². The zero-order chi connectivity index (χ0) is 16.4. The lowest BCUT2D eigenvalue weighted by atomic mass is 10.3. The molecule has 0 aliphatic rings. The molecule has 1 heterocycles. The van der Waals surface area contributed by atoms with E-state index in [0.29, 0.717) is 0 Å². The molecule has 2 rings (SSSR count). The van der Waals surface area contributed by atoms with Crippen LogP contribution >= 0.6 is 0 Å². The monoisotopic (exact) mass is 329 g/mol. The largest absolute Gasteiger partial charge is 0.493 e. The molecule has 1 amide bonds. The van der Waals surface area contributed by atoms with E-state index in [1.807, 2.05) is 0 Å². The zero-order valence-electron chi connectivity index (χ0n) is 11.7. The Kier molecular flexibility index (Phi) is 4.57. The van der Waals surface area contributed by atoms with Crippen molar-refractivity contribution < 1.29 is 22.5 Å². The van der Waals surface area contributed by atoms with E-state index in [1.54, 1.807) is 7.05 Å². The molecule has 0 saturated carbocycles. The van der Waals surface area contributed by atoms with Crippen LogP contribution in [0.25, 0.3) is 0 Å². The number of carbonyl (C=O) groups is 1. The normalized spacial score (nSPS) is 12.0. The van der Waals surface area contributed by atoms with Gasteiger partial charge in [-0.1, -0.05) is 0 Å². The van der Waals surface area contributed by atoms with Crippen molar-refractivity contribution in [1.29, 1.82) is 0 Å². The molecule has 1 atom stereocenters. The highest BCUT2D eigenvalue weighted by Crippen LogP contribution is 2.28. The molecule has 1 aromatic heterocycles. The highest BCUT2D eigenvalue weighted by atomic mass is 32.2. The summed E-state index contributed by atoms with van der Waals surface area (Å²) >= 11 is 0. The van der Waals surface area contributed by atoms with Gasteiger partial charge in [0.25, 0.3) is 5.91 Å². The van der Waals surface area contributed by atoms with E-state index in [-0.39, 0.29) is 22.0 Å². The van der Waals surface area contributed by atoms with Gasteiger partial charge in [0.1, 0.15) is 15.9 Å². The summed E-state index contributed by atoms with van der Waals surface area (Å²) < 4.78 is 43.9. The molecule has 0 spiro atoms. The molecular weight excluding hydrogens is 316 g/mol. The van der Waals surface area contributed by atoms with E-state index < -0.39 is 28.5 Å². The number of rotatable bonds is 4. The molecule has 1 aromatic carbocycles. The average Bonchev–Trinajstić information content (AvgIpc) is 2.79. The Labute approximate surface area is 127 Å². The lowest BCUT2D eigenvalue weighted by Gasteiger charge is -2.09. The van der Waals surface area contributed by atoms with Crippen molar-refractivity contribution >= 4 is 22.6 Å². The van der Waals surface area contributed by atoms with E-state index >= 15 is 0 Å². The van der Waals surface area contributed by atoms with Crippen molar-refractivity contribution in [3.8, 4) is 5.75 Å². The van der Waals surface area contributed by atoms with Crippen LogP contribution < -0.4 is 15.2 Å². The van der Waals surface area contributed by atoms with Gasteiger partial charge >= 0.3 is 0 Å². The van der Waals surface area contributed by atoms with Crippen LogP contribution in [0.2, 0.25) is 0 Å². The number of carbonyl (C=O) groups excluding carboxylic acids is 1. The quantitative estimate of drug-likeness (QED) is 0.892. The molecule has 3 N–H and O–H groups in total. The molecule has 0 aliphatic carbocycles. The molecular formula is C13H13F2N3O3S. The summed E-state index contributed by atoms with van der Waals surface area (Å²) in [5.74, 6) is -2.68. The van der Waals surface area contributed by atoms with Gasteiger partial charge < -0.3 is 14.6 Å². The Hall–Kier alpha value is -2.26. The first-order chi connectivity index (χ1) is 10.3. The van der Waals surface area contributed by atoms with E-state index in [0.717, 1.165) is 12.1 Å². The third-order valence-electron chi connectivity index (χ3n) is 2.92. The lowest BCUT2D eigenvalue weighted by molar-refractivity contribution is 0.101. The zero-order valence-corrected chi connectivity index (χ0v) is 12.5. The number of amides is 1. The van der Waals surface area contributed by atoms with Gasteiger partial charge in [-0.2, -0.15) is 0 Å². The molecule has 22 heavy (non-hydrogen) atoms.